The van der Waals surface area contributed by atoms with E-state index in [1.165, 1.54) is 5.56 Å². The number of hydrogen-bond acceptors (Lipinski definition) is 3. The summed E-state index contributed by atoms with van der Waals surface area (Å²) in [4.78, 5) is 12.1. The van der Waals surface area contributed by atoms with Crippen LogP contribution in [0.25, 0.3) is 0 Å². The molecule has 1 N–H and O–H groups in total. The largest absolute Gasteiger partial charge is 0.490 e. The summed E-state index contributed by atoms with van der Waals surface area (Å²) >= 11 is 3.44. The van der Waals surface area contributed by atoms with Crippen molar-refractivity contribution in [2.75, 3.05) is 19.8 Å². The number of amides is 1. The lowest BCUT2D eigenvalue weighted by Crippen LogP contribution is -2.38. The number of benzene rings is 2. The van der Waals surface area contributed by atoms with Gasteiger partial charge in [-0.25, -0.2) is 0 Å². The van der Waals surface area contributed by atoms with Crippen LogP contribution in [0.2, 0.25) is 0 Å². The smallest absolute Gasteiger partial charge is 0.257 e. The quantitative estimate of drug-likeness (QED) is 0.710. The maximum absolute atomic E-state index is 12.1. The normalized spacial score (nSPS) is 11.0. The molecule has 134 valence electrons. The van der Waals surface area contributed by atoms with Crippen LogP contribution in [0.1, 0.15) is 26.3 Å². The molecule has 2 rings (SSSR count). The molecule has 0 heterocycles. The molecule has 0 aliphatic carbocycles. The molecular formula is C20H24BrNO3. The predicted molar refractivity (Wildman–Crippen MR) is 103 cm³/mol. The predicted octanol–water partition coefficient (Wildman–Crippen LogP) is 4.32. The second kappa shape index (κ2) is 8.90. The topological polar surface area (TPSA) is 47.6 Å². The van der Waals surface area contributed by atoms with E-state index in [-0.39, 0.29) is 17.9 Å². The Balaban J connectivity index is 1.87. The molecule has 0 radical (unpaired) electrons. The average Bonchev–Trinajstić information content (AvgIpc) is 2.60. The lowest BCUT2D eigenvalue weighted by atomic mass is 9.84. The fourth-order valence-electron chi connectivity index (χ4n) is 2.36. The van der Waals surface area contributed by atoms with Gasteiger partial charge < -0.3 is 14.8 Å². The first-order chi connectivity index (χ1) is 11.9. The van der Waals surface area contributed by atoms with Gasteiger partial charge in [0.2, 0.25) is 0 Å². The second-order valence-corrected chi connectivity index (χ2v) is 7.25. The minimum atomic E-state index is -0.167. The highest BCUT2D eigenvalue weighted by Gasteiger charge is 2.21. The van der Waals surface area contributed by atoms with E-state index < -0.39 is 0 Å². The fourth-order valence-corrected chi connectivity index (χ4v) is 2.63. The number of ether oxygens (including phenoxy) is 2. The van der Waals surface area contributed by atoms with Crippen LogP contribution < -0.4 is 14.8 Å². The van der Waals surface area contributed by atoms with Gasteiger partial charge in [0.1, 0.15) is 0 Å². The maximum Gasteiger partial charge on any atom is 0.257 e. The number of hydrogen-bond donors (Lipinski definition) is 1. The van der Waals surface area contributed by atoms with Crippen LogP contribution in [0, 0.1) is 0 Å². The Labute approximate surface area is 157 Å². The van der Waals surface area contributed by atoms with E-state index in [1.807, 2.05) is 37.3 Å². The molecule has 0 unspecified atom stereocenters. The molecule has 0 spiro atoms. The van der Waals surface area contributed by atoms with Gasteiger partial charge in [0.15, 0.2) is 18.1 Å². The van der Waals surface area contributed by atoms with Crippen LogP contribution in [0.3, 0.4) is 0 Å². The highest BCUT2D eigenvalue weighted by molar-refractivity contribution is 9.10. The van der Waals surface area contributed by atoms with Gasteiger partial charge in [0.25, 0.3) is 5.91 Å². The molecule has 25 heavy (non-hydrogen) atoms. The minimum absolute atomic E-state index is 0.0412. The molecule has 2 aromatic rings. The van der Waals surface area contributed by atoms with Crippen molar-refractivity contribution >= 4 is 21.8 Å². The molecule has 0 saturated heterocycles. The Morgan fingerprint density at radius 3 is 2.24 bits per heavy atom. The zero-order valence-corrected chi connectivity index (χ0v) is 16.4. The van der Waals surface area contributed by atoms with E-state index in [9.17, 15) is 4.79 Å². The van der Waals surface area contributed by atoms with Crippen LogP contribution in [0.15, 0.2) is 53.0 Å². The highest BCUT2D eigenvalue weighted by Crippen LogP contribution is 2.26. The van der Waals surface area contributed by atoms with Gasteiger partial charge in [-0.05, 0) is 36.8 Å². The fraction of sp³-hybridized carbons (Fsp3) is 0.350. The van der Waals surface area contributed by atoms with E-state index in [0.29, 0.717) is 24.7 Å². The van der Waals surface area contributed by atoms with Crippen molar-refractivity contribution in [3.8, 4) is 11.5 Å². The summed E-state index contributed by atoms with van der Waals surface area (Å²) in [5, 5.41) is 2.94. The van der Waals surface area contributed by atoms with E-state index in [4.69, 9.17) is 9.47 Å². The van der Waals surface area contributed by atoms with Crippen molar-refractivity contribution in [2.24, 2.45) is 0 Å². The summed E-state index contributed by atoms with van der Waals surface area (Å²) in [6, 6.07) is 15.5. The SMILES string of the molecule is CCOc1ccccc1OCC(=O)NCC(C)(C)c1ccc(Br)cc1. The Morgan fingerprint density at radius 2 is 1.64 bits per heavy atom. The van der Waals surface area contributed by atoms with Gasteiger partial charge in [0, 0.05) is 16.4 Å². The Kier molecular flexibility index (Phi) is 6.88. The van der Waals surface area contributed by atoms with E-state index in [1.54, 1.807) is 6.07 Å². The van der Waals surface area contributed by atoms with Gasteiger partial charge in [0.05, 0.1) is 6.61 Å². The third-order valence-electron chi connectivity index (χ3n) is 3.86. The zero-order chi connectivity index (χ0) is 18.3. The first-order valence-corrected chi connectivity index (χ1v) is 9.09. The Hall–Kier alpha value is -2.01. The number of nitrogens with one attached hydrogen (secondary N) is 1. The molecule has 0 atom stereocenters. The number of para-hydroxylation sites is 2. The molecule has 4 nitrogen and oxygen atoms in total. The van der Waals surface area contributed by atoms with Gasteiger partial charge >= 0.3 is 0 Å². The number of rotatable bonds is 8. The van der Waals surface area contributed by atoms with Gasteiger partial charge in [-0.3, -0.25) is 4.79 Å². The molecule has 0 aliphatic heterocycles. The van der Waals surface area contributed by atoms with Crippen molar-refractivity contribution in [3.05, 3.63) is 58.6 Å². The number of carbonyl (C=O) groups is 1. The molecule has 0 saturated carbocycles. The number of carbonyl (C=O) groups excluding carboxylic acids is 1. The summed E-state index contributed by atoms with van der Waals surface area (Å²) in [5.74, 6) is 1.07. The molecule has 2 aromatic carbocycles. The summed E-state index contributed by atoms with van der Waals surface area (Å²) in [6.07, 6.45) is 0. The summed E-state index contributed by atoms with van der Waals surface area (Å²) in [5.41, 5.74) is 0.998. The van der Waals surface area contributed by atoms with Crippen LogP contribution in [0.4, 0.5) is 0 Å². The standard InChI is InChI=1S/C20H24BrNO3/c1-4-24-17-7-5-6-8-18(17)25-13-19(23)22-14-20(2,3)15-9-11-16(21)12-10-15/h5-12H,4,13-14H2,1-3H3,(H,22,23). The molecule has 0 aliphatic rings. The molecule has 5 heteroatoms. The van der Waals surface area contributed by atoms with Crippen LogP contribution in [-0.2, 0) is 10.2 Å². The first-order valence-electron chi connectivity index (χ1n) is 8.30. The third-order valence-corrected chi connectivity index (χ3v) is 4.39. The van der Waals surface area contributed by atoms with E-state index in [2.05, 4.69) is 47.2 Å². The Morgan fingerprint density at radius 1 is 1.04 bits per heavy atom. The molecule has 0 fully saturated rings. The highest BCUT2D eigenvalue weighted by atomic mass is 79.9. The van der Waals surface area contributed by atoms with Gasteiger partial charge in [-0.15, -0.1) is 0 Å². The minimum Gasteiger partial charge on any atom is -0.490 e. The summed E-state index contributed by atoms with van der Waals surface area (Å²) in [6.45, 7) is 7.15. The monoisotopic (exact) mass is 405 g/mol. The lowest BCUT2D eigenvalue weighted by molar-refractivity contribution is -0.123. The summed E-state index contributed by atoms with van der Waals surface area (Å²) < 4.78 is 12.1. The van der Waals surface area contributed by atoms with Crippen molar-refractivity contribution in [2.45, 2.75) is 26.2 Å². The maximum atomic E-state index is 12.1. The van der Waals surface area contributed by atoms with E-state index >= 15 is 0 Å². The zero-order valence-electron chi connectivity index (χ0n) is 14.8. The van der Waals surface area contributed by atoms with Crippen LogP contribution in [0.5, 0.6) is 11.5 Å². The third kappa shape index (κ3) is 5.78. The van der Waals surface area contributed by atoms with Gasteiger partial charge in [-0.2, -0.15) is 0 Å². The molecule has 1 amide bonds. The second-order valence-electron chi connectivity index (χ2n) is 6.34. The lowest BCUT2D eigenvalue weighted by Gasteiger charge is -2.25. The van der Waals surface area contributed by atoms with E-state index in [0.717, 1.165) is 4.47 Å². The van der Waals surface area contributed by atoms with Crippen molar-refractivity contribution in [1.29, 1.82) is 0 Å². The first kappa shape index (κ1) is 19.3. The molecular weight excluding hydrogens is 382 g/mol. The van der Waals surface area contributed by atoms with Crippen LogP contribution >= 0.6 is 15.9 Å². The van der Waals surface area contributed by atoms with Gasteiger partial charge in [-0.1, -0.05) is 54.0 Å². The summed E-state index contributed by atoms with van der Waals surface area (Å²) in [7, 11) is 0. The van der Waals surface area contributed by atoms with Crippen molar-refractivity contribution in [3.63, 3.8) is 0 Å². The van der Waals surface area contributed by atoms with Crippen molar-refractivity contribution < 1.29 is 14.3 Å². The van der Waals surface area contributed by atoms with Crippen molar-refractivity contribution in [1.82, 2.24) is 5.32 Å². The Bertz CT molecular complexity index is 698. The number of halogens is 1. The average molecular weight is 406 g/mol. The van der Waals surface area contributed by atoms with Crippen LogP contribution in [-0.4, -0.2) is 25.7 Å². The molecule has 0 aromatic heterocycles. The molecule has 0 bridgehead atoms.